The molecule has 0 saturated carbocycles. The first-order valence-corrected chi connectivity index (χ1v) is 8.61. The third kappa shape index (κ3) is 3.94. The van der Waals surface area contributed by atoms with Crippen molar-refractivity contribution in [2.45, 2.75) is 0 Å². The number of thiocarbonyl (C=S) groups is 1. The zero-order valence-electron chi connectivity index (χ0n) is 14.5. The highest BCUT2D eigenvalue weighted by Gasteiger charge is 2.34. The smallest absolute Gasteiger partial charge is 0.270 e. The van der Waals surface area contributed by atoms with Gasteiger partial charge >= 0.3 is 0 Å². The fraction of sp³-hybridized carbons (Fsp3) is 0.105. The van der Waals surface area contributed by atoms with E-state index in [1.165, 1.54) is 25.2 Å². The van der Waals surface area contributed by atoms with Crippen LogP contribution in [-0.4, -0.2) is 31.1 Å². The Morgan fingerprint density at radius 3 is 2.19 bits per heavy atom. The van der Waals surface area contributed by atoms with Gasteiger partial charge in [-0.3, -0.25) is 19.8 Å². The van der Waals surface area contributed by atoms with Crippen LogP contribution in [0.3, 0.4) is 0 Å². The van der Waals surface area contributed by atoms with Gasteiger partial charge in [0.2, 0.25) is 0 Å². The molecule has 1 aliphatic rings. The van der Waals surface area contributed by atoms with Gasteiger partial charge in [0.25, 0.3) is 11.8 Å². The van der Waals surface area contributed by atoms with Crippen LogP contribution in [0, 0.1) is 0 Å². The first kappa shape index (κ1) is 18.9. The molecule has 1 aliphatic heterocycles. The van der Waals surface area contributed by atoms with Gasteiger partial charge in [0.1, 0.15) is 17.1 Å². The van der Waals surface area contributed by atoms with Crippen molar-refractivity contribution >= 4 is 52.5 Å². The quantitative estimate of drug-likeness (QED) is 0.483. The maximum Gasteiger partial charge on any atom is 0.270 e. The van der Waals surface area contributed by atoms with E-state index in [-0.39, 0.29) is 10.7 Å². The van der Waals surface area contributed by atoms with Crippen LogP contribution in [0.25, 0.3) is 6.08 Å². The summed E-state index contributed by atoms with van der Waals surface area (Å²) in [5.41, 5.74) is 1.02. The minimum atomic E-state index is -0.572. The van der Waals surface area contributed by atoms with Crippen molar-refractivity contribution in [2.24, 2.45) is 0 Å². The summed E-state index contributed by atoms with van der Waals surface area (Å²) in [4.78, 5) is 26.6. The van der Waals surface area contributed by atoms with Crippen molar-refractivity contribution in [3.63, 3.8) is 0 Å². The van der Waals surface area contributed by atoms with Crippen LogP contribution >= 0.6 is 23.8 Å². The Kier molecular flexibility index (Phi) is 5.43. The molecule has 1 fully saturated rings. The van der Waals surface area contributed by atoms with Gasteiger partial charge in [0.15, 0.2) is 5.11 Å². The maximum absolute atomic E-state index is 13.0. The van der Waals surface area contributed by atoms with E-state index in [2.05, 4.69) is 5.32 Å². The van der Waals surface area contributed by atoms with E-state index in [0.717, 1.165) is 0 Å². The molecule has 0 aromatic heterocycles. The van der Waals surface area contributed by atoms with Crippen LogP contribution in [0.5, 0.6) is 11.5 Å². The lowest BCUT2D eigenvalue weighted by molar-refractivity contribution is -0.122. The molecule has 2 aromatic carbocycles. The molecule has 0 aliphatic carbocycles. The zero-order valence-corrected chi connectivity index (χ0v) is 16.1. The Hall–Kier alpha value is -2.90. The summed E-state index contributed by atoms with van der Waals surface area (Å²) in [7, 11) is 3.04. The van der Waals surface area contributed by atoms with Crippen molar-refractivity contribution in [3.05, 3.63) is 58.6 Å². The van der Waals surface area contributed by atoms with E-state index in [0.29, 0.717) is 27.8 Å². The highest BCUT2D eigenvalue weighted by molar-refractivity contribution is 7.80. The predicted molar refractivity (Wildman–Crippen MR) is 107 cm³/mol. The molecule has 0 radical (unpaired) electrons. The molecule has 1 heterocycles. The van der Waals surface area contributed by atoms with Gasteiger partial charge in [-0.2, -0.15) is 0 Å². The van der Waals surface area contributed by atoms with E-state index < -0.39 is 11.8 Å². The Morgan fingerprint density at radius 1 is 1.04 bits per heavy atom. The number of nitrogens with zero attached hydrogens (tertiary/aromatic N) is 1. The second-order valence-electron chi connectivity index (χ2n) is 5.58. The summed E-state index contributed by atoms with van der Waals surface area (Å²) >= 11 is 11.1. The molecule has 27 heavy (non-hydrogen) atoms. The van der Waals surface area contributed by atoms with Crippen molar-refractivity contribution in [2.75, 3.05) is 19.1 Å². The number of carbonyl (C=O) groups excluding carboxylic acids is 2. The molecule has 0 unspecified atom stereocenters. The lowest BCUT2D eigenvalue weighted by Gasteiger charge is -2.29. The molecular formula is C19H15ClN2O4S. The molecule has 6 nitrogen and oxygen atoms in total. The van der Waals surface area contributed by atoms with E-state index in [9.17, 15) is 9.59 Å². The van der Waals surface area contributed by atoms with Crippen LogP contribution in [0.2, 0.25) is 5.02 Å². The zero-order chi connectivity index (χ0) is 19.6. The fourth-order valence-corrected chi connectivity index (χ4v) is 2.97. The molecule has 3 rings (SSSR count). The first-order valence-electron chi connectivity index (χ1n) is 7.83. The number of methoxy groups -OCH3 is 2. The Bertz CT molecular complexity index is 934. The van der Waals surface area contributed by atoms with E-state index in [1.54, 1.807) is 42.5 Å². The van der Waals surface area contributed by atoms with E-state index in [1.807, 2.05) is 0 Å². The number of carbonyl (C=O) groups is 2. The first-order chi connectivity index (χ1) is 12.9. The second kappa shape index (κ2) is 7.77. The van der Waals surface area contributed by atoms with Crippen LogP contribution in [0.4, 0.5) is 5.69 Å². The predicted octanol–water partition coefficient (Wildman–Crippen LogP) is 3.19. The van der Waals surface area contributed by atoms with Gasteiger partial charge in [-0.1, -0.05) is 11.6 Å². The average Bonchev–Trinajstić information content (AvgIpc) is 2.66. The maximum atomic E-state index is 13.0. The standard InChI is InChI=1S/C19H15ClN2O4S/c1-25-14-7-11(8-15(10-14)26-2)9-16-17(23)21-19(27)22(18(16)24)13-5-3-12(20)4-6-13/h3-10H,1-2H3,(H,21,23,27). The van der Waals surface area contributed by atoms with Crippen LogP contribution in [0.1, 0.15) is 5.56 Å². The van der Waals surface area contributed by atoms with Gasteiger partial charge in [0, 0.05) is 11.1 Å². The number of hydrogen-bond acceptors (Lipinski definition) is 5. The number of ether oxygens (including phenoxy) is 2. The number of hydrogen-bond donors (Lipinski definition) is 1. The monoisotopic (exact) mass is 402 g/mol. The van der Waals surface area contributed by atoms with Crippen molar-refractivity contribution < 1.29 is 19.1 Å². The van der Waals surface area contributed by atoms with Gasteiger partial charge < -0.3 is 9.47 Å². The average molecular weight is 403 g/mol. The van der Waals surface area contributed by atoms with E-state index in [4.69, 9.17) is 33.3 Å². The summed E-state index contributed by atoms with van der Waals surface area (Å²) in [5, 5.41) is 3.07. The molecule has 8 heteroatoms. The second-order valence-corrected chi connectivity index (χ2v) is 6.40. The summed E-state index contributed by atoms with van der Waals surface area (Å²) < 4.78 is 10.4. The molecule has 138 valence electrons. The normalized spacial score (nSPS) is 15.7. The molecule has 0 atom stereocenters. The number of nitrogens with one attached hydrogen (secondary N) is 1. The summed E-state index contributed by atoms with van der Waals surface area (Å²) in [6.45, 7) is 0. The summed E-state index contributed by atoms with van der Waals surface area (Å²) in [6.07, 6.45) is 1.47. The number of amides is 2. The highest BCUT2D eigenvalue weighted by Crippen LogP contribution is 2.27. The molecule has 1 N–H and O–H groups in total. The van der Waals surface area contributed by atoms with Gasteiger partial charge in [-0.15, -0.1) is 0 Å². The lowest BCUT2D eigenvalue weighted by atomic mass is 10.1. The molecule has 1 saturated heterocycles. The molecule has 2 amide bonds. The summed E-state index contributed by atoms with van der Waals surface area (Å²) in [6, 6.07) is 11.6. The van der Waals surface area contributed by atoms with E-state index >= 15 is 0 Å². The SMILES string of the molecule is COc1cc(C=C2C(=O)NC(=S)N(c3ccc(Cl)cc3)C2=O)cc(OC)c1. The third-order valence-corrected chi connectivity index (χ3v) is 4.41. The van der Waals surface area contributed by atoms with Crippen LogP contribution in [0.15, 0.2) is 48.0 Å². The number of halogens is 1. The van der Waals surface area contributed by atoms with Crippen molar-refractivity contribution in [1.29, 1.82) is 0 Å². The molecule has 2 aromatic rings. The van der Waals surface area contributed by atoms with Gasteiger partial charge in [0.05, 0.1) is 19.9 Å². The number of benzene rings is 2. The Balaban J connectivity index is 2.03. The van der Waals surface area contributed by atoms with Crippen LogP contribution in [-0.2, 0) is 9.59 Å². The Labute approximate surface area is 166 Å². The van der Waals surface area contributed by atoms with Crippen molar-refractivity contribution in [1.82, 2.24) is 5.32 Å². The number of rotatable bonds is 4. The van der Waals surface area contributed by atoms with Gasteiger partial charge in [-0.25, -0.2) is 0 Å². The summed E-state index contributed by atoms with van der Waals surface area (Å²) in [5.74, 6) is -0.0326. The molecular weight excluding hydrogens is 388 g/mol. The Morgan fingerprint density at radius 2 is 1.63 bits per heavy atom. The van der Waals surface area contributed by atoms with Crippen LogP contribution < -0.4 is 19.7 Å². The third-order valence-electron chi connectivity index (χ3n) is 3.87. The lowest BCUT2D eigenvalue weighted by Crippen LogP contribution is -2.54. The largest absolute Gasteiger partial charge is 0.497 e. The molecule has 0 spiro atoms. The topological polar surface area (TPSA) is 67.9 Å². The van der Waals surface area contributed by atoms with Crippen molar-refractivity contribution in [3.8, 4) is 11.5 Å². The number of anilines is 1. The minimum absolute atomic E-state index is 0.00713. The minimum Gasteiger partial charge on any atom is -0.497 e. The van der Waals surface area contributed by atoms with Gasteiger partial charge in [-0.05, 0) is 60.3 Å². The highest BCUT2D eigenvalue weighted by atomic mass is 35.5. The molecule has 0 bridgehead atoms. The fourth-order valence-electron chi connectivity index (χ4n) is 2.56.